The van der Waals surface area contributed by atoms with E-state index in [-0.39, 0.29) is 23.8 Å². The van der Waals surface area contributed by atoms with Crippen LogP contribution < -0.4 is 5.32 Å². The lowest BCUT2D eigenvalue weighted by atomic mass is 10.2. The van der Waals surface area contributed by atoms with Crippen molar-refractivity contribution in [2.24, 2.45) is 0 Å². The molecule has 1 aliphatic rings. The first-order valence-corrected chi connectivity index (χ1v) is 4.81. The zero-order chi connectivity index (χ0) is 11.6. The zero-order valence-electron chi connectivity index (χ0n) is 8.87. The molecule has 3 amide bonds. The molecule has 0 aromatic rings. The number of hydrogen-bond donors (Lipinski definition) is 1. The lowest BCUT2D eigenvalue weighted by Crippen LogP contribution is -2.47. The molecule has 0 aromatic carbocycles. The minimum absolute atomic E-state index is 0.0164. The molecular formula is C10H14N2O3. The predicted octanol–water partition coefficient (Wildman–Crippen LogP) is -0.174. The van der Waals surface area contributed by atoms with Gasteiger partial charge in [-0.05, 0) is 13.8 Å². The third kappa shape index (κ3) is 2.06. The fourth-order valence-electron chi connectivity index (χ4n) is 1.46. The first-order valence-electron chi connectivity index (χ1n) is 4.81. The van der Waals surface area contributed by atoms with Gasteiger partial charge in [0.1, 0.15) is 6.04 Å². The van der Waals surface area contributed by atoms with Gasteiger partial charge in [0, 0.05) is 12.1 Å². The molecule has 0 radical (unpaired) electrons. The smallest absolute Gasteiger partial charge is 0.257 e. The summed E-state index contributed by atoms with van der Waals surface area (Å²) in [6, 6.07) is -0.760. The van der Waals surface area contributed by atoms with Gasteiger partial charge in [-0.1, -0.05) is 6.58 Å². The molecule has 1 atom stereocenters. The topological polar surface area (TPSA) is 66.5 Å². The number of rotatable bonds is 3. The molecule has 15 heavy (non-hydrogen) atoms. The van der Waals surface area contributed by atoms with Crippen LogP contribution in [0.4, 0.5) is 0 Å². The summed E-state index contributed by atoms with van der Waals surface area (Å²) in [5, 5.41) is 2.56. The maximum absolute atomic E-state index is 11.5. The fraction of sp³-hybridized carbons (Fsp3) is 0.500. The summed E-state index contributed by atoms with van der Waals surface area (Å²) in [5.74, 6) is -1.13. The van der Waals surface area contributed by atoms with Crippen molar-refractivity contribution in [2.45, 2.75) is 26.3 Å². The lowest BCUT2D eigenvalue weighted by molar-refractivity contribution is -0.145. The van der Waals surface area contributed by atoms with E-state index >= 15 is 0 Å². The first kappa shape index (κ1) is 11.4. The Labute approximate surface area is 88.1 Å². The molecule has 0 aliphatic carbocycles. The summed E-state index contributed by atoms with van der Waals surface area (Å²) in [7, 11) is 0. The number of nitrogens with one attached hydrogen (secondary N) is 1. The van der Waals surface area contributed by atoms with Crippen LogP contribution in [0.2, 0.25) is 0 Å². The third-order valence-corrected chi connectivity index (χ3v) is 2.27. The first-order chi connectivity index (χ1) is 6.99. The van der Waals surface area contributed by atoms with E-state index < -0.39 is 11.9 Å². The van der Waals surface area contributed by atoms with Gasteiger partial charge in [0.2, 0.25) is 11.8 Å². The van der Waals surface area contributed by atoms with Gasteiger partial charge in [0.15, 0.2) is 0 Å². The molecular weight excluding hydrogens is 196 g/mol. The molecule has 5 nitrogen and oxygen atoms in total. The average Bonchev–Trinajstić information content (AvgIpc) is 2.41. The normalized spacial score (nSPS) is 18.3. The van der Waals surface area contributed by atoms with Crippen LogP contribution in [0.1, 0.15) is 20.3 Å². The SMILES string of the molecule is C=C1CC(=O)N(C(C)C(=O)NCC)C1=O. The molecule has 1 heterocycles. The number of carbonyl (C=O) groups is 3. The summed E-state index contributed by atoms with van der Waals surface area (Å²) >= 11 is 0. The highest BCUT2D eigenvalue weighted by atomic mass is 16.2. The van der Waals surface area contributed by atoms with Crippen molar-refractivity contribution in [3.63, 3.8) is 0 Å². The van der Waals surface area contributed by atoms with Crippen LogP contribution in [-0.4, -0.2) is 35.2 Å². The van der Waals surface area contributed by atoms with Crippen LogP contribution in [0.25, 0.3) is 0 Å². The van der Waals surface area contributed by atoms with Gasteiger partial charge in [-0.3, -0.25) is 19.3 Å². The average molecular weight is 210 g/mol. The quantitative estimate of drug-likeness (QED) is 0.519. The summed E-state index contributed by atoms with van der Waals surface area (Å²) in [5.41, 5.74) is 0.246. The molecule has 0 spiro atoms. The van der Waals surface area contributed by atoms with Crippen LogP contribution in [0, 0.1) is 0 Å². The molecule has 1 N–H and O–H groups in total. The molecule has 0 saturated carbocycles. The number of imide groups is 1. The van der Waals surface area contributed by atoms with Crippen molar-refractivity contribution in [1.82, 2.24) is 10.2 Å². The predicted molar refractivity (Wildman–Crippen MR) is 53.8 cm³/mol. The van der Waals surface area contributed by atoms with Crippen LogP contribution in [-0.2, 0) is 14.4 Å². The summed E-state index contributed by atoms with van der Waals surface area (Å²) in [4.78, 5) is 35.3. The van der Waals surface area contributed by atoms with Crippen LogP contribution in [0.15, 0.2) is 12.2 Å². The highest BCUT2D eigenvalue weighted by molar-refractivity contribution is 6.15. The van der Waals surface area contributed by atoms with E-state index in [0.29, 0.717) is 6.54 Å². The van der Waals surface area contributed by atoms with Crippen LogP contribution in [0.5, 0.6) is 0 Å². The molecule has 1 rings (SSSR count). The van der Waals surface area contributed by atoms with Gasteiger partial charge in [-0.25, -0.2) is 0 Å². The van der Waals surface area contributed by atoms with Crippen LogP contribution >= 0.6 is 0 Å². The van der Waals surface area contributed by atoms with Crippen molar-refractivity contribution in [3.05, 3.63) is 12.2 Å². The van der Waals surface area contributed by atoms with Gasteiger partial charge in [-0.15, -0.1) is 0 Å². The Morgan fingerprint density at radius 1 is 1.60 bits per heavy atom. The Balaban J connectivity index is 2.79. The van der Waals surface area contributed by atoms with E-state index in [1.54, 1.807) is 6.92 Å². The van der Waals surface area contributed by atoms with E-state index in [1.807, 2.05) is 0 Å². The molecule has 1 saturated heterocycles. The Hall–Kier alpha value is -1.65. The number of likely N-dealkylation sites (N-methyl/N-ethyl adjacent to an activating group) is 1. The van der Waals surface area contributed by atoms with E-state index in [4.69, 9.17) is 0 Å². The van der Waals surface area contributed by atoms with Gasteiger partial charge in [0.05, 0.1) is 6.42 Å². The number of hydrogen-bond acceptors (Lipinski definition) is 3. The Morgan fingerprint density at radius 2 is 2.20 bits per heavy atom. The lowest BCUT2D eigenvalue weighted by Gasteiger charge is -2.20. The van der Waals surface area contributed by atoms with Crippen molar-refractivity contribution < 1.29 is 14.4 Å². The van der Waals surface area contributed by atoms with Crippen molar-refractivity contribution >= 4 is 17.7 Å². The van der Waals surface area contributed by atoms with E-state index in [1.165, 1.54) is 6.92 Å². The maximum atomic E-state index is 11.5. The largest absolute Gasteiger partial charge is 0.355 e. The van der Waals surface area contributed by atoms with Crippen molar-refractivity contribution in [1.29, 1.82) is 0 Å². The van der Waals surface area contributed by atoms with Gasteiger partial charge in [-0.2, -0.15) is 0 Å². The summed E-state index contributed by atoms with van der Waals surface area (Å²) in [6.45, 7) is 7.25. The van der Waals surface area contributed by atoms with E-state index in [0.717, 1.165) is 4.90 Å². The Kier molecular flexibility index (Phi) is 3.24. The minimum atomic E-state index is -0.760. The van der Waals surface area contributed by atoms with Gasteiger partial charge in [0.25, 0.3) is 5.91 Å². The second-order valence-electron chi connectivity index (χ2n) is 3.42. The standard InChI is InChI=1S/C10H14N2O3/c1-4-11-9(14)7(3)12-8(13)5-6(2)10(12)15/h7H,2,4-5H2,1,3H3,(H,11,14). The third-order valence-electron chi connectivity index (χ3n) is 2.27. The molecule has 82 valence electrons. The number of nitrogens with zero attached hydrogens (tertiary/aromatic N) is 1. The van der Waals surface area contributed by atoms with Gasteiger partial charge >= 0.3 is 0 Å². The zero-order valence-corrected chi connectivity index (χ0v) is 8.87. The van der Waals surface area contributed by atoms with Crippen molar-refractivity contribution in [2.75, 3.05) is 6.54 Å². The molecule has 1 fully saturated rings. The highest BCUT2D eigenvalue weighted by Gasteiger charge is 2.38. The second kappa shape index (κ2) is 4.25. The molecule has 1 unspecified atom stereocenters. The Bertz CT molecular complexity index is 336. The fourth-order valence-corrected chi connectivity index (χ4v) is 1.46. The molecule has 0 aromatic heterocycles. The van der Waals surface area contributed by atoms with Crippen molar-refractivity contribution in [3.8, 4) is 0 Å². The summed E-state index contributed by atoms with van der Waals surface area (Å²) < 4.78 is 0. The minimum Gasteiger partial charge on any atom is -0.355 e. The van der Waals surface area contributed by atoms with Crippen LogP contribution in [0.3, 0.4) is 0 Å². The second-order valence-corrected chi connectivity index (χ2v) is 3.42. The van der Waals surface area contributed by atoms with E-state index in [9.17, 15) is 14.4 Å². The summed E-state index contributed by atoms with van der Waals surface area (Å²) in [6.07, 6.45) is 0.0164. The number of amides is 3. The van der Waals surface area contributed by atoms with E-state index in [2.05, 4.69) is 11.9 Å². The Morgan fingerprint density at radius 3 is 2.60 bits per heavy atom. The van der Waals surface area contributed by atoms with Gasteiger partial charge < -0.3 is 5.32 Å². The monoisotopic (exact) mass is 210 g/mol. The molecule has 1 aliphatic heterocycles. The number of likely N-dealkylation sites (tertiary alicyclic amines) is 1. The maximum Gasteiger partial charge on any atom is 0.257 e. The highest BCUT2D eigenvalue weighted by Crippen LogP contribution is 2.19. The molecule has 0 bridgehead atoms. The number of carbonyl (C=O) groups excluding carboxylic acids is 3. The molecule has 5 heteroatoms.